The summed E-state index contributed by atoms with van der Waals surface area (Å²) >= 11 is 0. The summed E-state index contributed by atoms with van der Waals surface area (Å²) in [6.07, 6.45) is 6.95. The lowest BCUT2D eigenvalue weighted by molar-refractivity contribution is -0.123. The fourth-order valence-electron chi connectivity index (χ4n) is 1.73. The van der Waals surface area contributed by atoms with Gasteiger partial charge in [0.05, 0.1) is 6.04 Å². The van der Waals surface area contributed by atoms with Crippen LogP contribution in [0.2, 0.25) is 0 Å². The molecule has 1 aliphatic carbocycles. The number of carbonyl (C=O) groups excluding carboxylic acids is 1. The van der Waals surface area contributed by atoms with Gasteiger partial charge in [-0.15, -0.1) is 0 Å². The van der Waals surface area contributed by atoms with E-state index in [0.717, 1.165) is 13.0 Å². The SMILES string of the molecule is CC(C)[C@@H](N)C(=O)NCCC1=CCCC1. The lowest BCUT2D eigenvalue weighted by Gasteiger charge is -2.15. The van der Waals surface area contributed by atoms with Crippen LogP contribution in [0.3, 0.4) is 0 Å². The lowest BCUT2D eigenvalue weighted by Crippen LogP contribution is -2.44. The minimum absolute atomic E-state index is 0.0244. The van der Waals surface area contributed by atoms with Gasteiger partial charge >= 0.3 is 0 Å². The van der Waals surface area contributed by atoms with Gasteiger partial charge in [-0.2, -0.15) is 0 Å². The van der Waals surface area contributed by atoms with Gasteiger partial charge in [-0.1, -0.05) is 25.5 Å². The quantitative estimate of drug-likeness (QED) is 0.677. The van der Waals surface area contributed by atoms with Crippen molar-refractivity contribution in [1.29, 1.82) is 0 Å². The van der Waals surface area contributed by atoms with E-state index in [-0.39, 0.29) is 17.9 Å². The highest BCUT2D eigenvalue weighted by Gasteiger charge is 2.16. The van der Waals surface area contributed by atoms with Crippen LogP contribution >= 0.6 is 0 Å². The maximum atomic E-state index is 11.5. The van der Waals surface area contributed by atoms with Crippen molar-refractivity contribution in [2.24, 2.45) is 11.7 Å². The number of rotatable bonds is 5. The molecular weight excluding hydrogens is 188 g/mol. The zero-order valence-corrected chi connectivity index (χ0v) is 9.75. The van der Waals surface area contributed by atoms with E-state index >= 15 is 0 Å². The first-order valence-corrected chi connectivity index (χ1v) is 5.82. The van der Waals surface area contributed by atoms with Crippen LogP contribution in [-0.4, -0.2) is 18.5 Å². The molecule has 86 valence electrons. The number of nitrogens with one attached hydrogen (secondary N) is 1. The molecule has 0 aromatic rings. The summed E-state index contributed by atoms with van der Waals surface area (Å²) in [5, 5.41) is 2.89. The summed E-state index contributed by atoms with van der Waals surface area (Å²) in [6, 6.07) is -0.373. The molecule has 0 aliphatic heterocycles. The predicted octanol–water partition coefficient (Wildman–Crippen LogP) is 1.59. The molecule has 15 heavy (non-hydrogen) atoms. The van der Waals surface area contributed by atoms with Gasteiger partial charge in [0.2, 0.25) is 5.91 Å². The molecule has 0 bridgehead atoms. The summed E-state index contributed by atoms with van der Waals surface area (Å²) in [7, 11) is 0. The van der Waals surface area contributed by atoms with Gasteiger partial charge in [0.1, 0.15) is 0 Å². The maximum Gasteiger partial charge on any atom is 0.237 e. The second-order valence-electron chi connectivity index (χ2n) is 4.57. The zero-order chi connectivity index (χ0) is 11.3. The van der Waals surface area contributed by atoms with E-state index in [1.165, 1.54) is 24.8 Å². The first kappa shape index (κ1) is 12.2. The summed E-state index contributed by atoms with van der Waals surface area (Å²) in [5.41, 5.74) is 7.21. The minimum atomic E-state index is -0.373. The molecule has 0 saturated heterocycles. The molecule has 1 rings (SSSR count). The fraction of sp³-hybridized carbons (Fsp3) is 0.750. The monoisotopic (exact) mass is 210 g/mol. The summed E-state index contributed by atoms with van der Waals surface area (Å²) < 4.78 is 0. The Morgan fingerprint density at radius 1 is 1.60 bits per heavy atom. The number of allylic oxidation sites excluding steroid dienone is 1. The van der Waals surface area contributed by atoms with Crippen molar-refractivity contribution in [3.05, 3.63) is 11.6 Å². The molecule has 0 radical (unpaired) electrons. The van der Waals surface area contributed by atoms with Crippen molar-refractivity contribution in [2.75, 3.05) is 6.54 Å². The van der Waals surface area contributed by atoms with E-state index in [2.05, 4.69) is 11.4 Å². The van der Waals surface area contributed by atoms with Gasteiger partial charge in [0.25, 0.3) is 0 Å². The fourth-order valence-corrected chi connectivity index (χ4v) is 1.73. The molecule has 3 N–H and O–H groups in total. The normalized spacial score (nSPS) is 17.7. The first-order chi connectivity index (χ1) is 7.11. The largest absolute Gasteiger partial charge is 0.354 e. The van der Waals surface area contributed by atoms with Crippen LogP contribution < -0.4 is 11.1 Å². The van der Waals surface area contributed by atoms with Gasteiger partial charge in [0.15, 0.2) is 0 Å². The number of hydrogen-bond acceptors (Lipinski definition) is 2. The van der Waals surface area contributed by atoms with Gasteiger partial charge < -0.3 is 11.1 Å². The van der Waals surface area contributed by atoms with Crippen LogP contribution in [0.1, 0.15) is 39.5 Å². The van der Waals surface area contributed by atoms with Crippen molar-refractivity contribution in [1.82, 2.24) is 5.32 Å². The van der Waals surface area contributed by atoms with Gasteiger partial charge in [-0.05, 0) is 31.6 Å². The molecule has 0 spiro atoms. The Balaban J connectivity index is 2.16. The average Bonchev–Trinajstić information content (AvgIpc) is 2.69. The summed E-state index contributed by atoms with van der Waals surface area (Å²) in [5.74, 6) is 0.180. The molecular formula is C12H22N2O. The Labute approximate surface area is 92.1 Å². The maximum absolute atomic E-state index is 11.5. The Kier molecular flexibility index (Phi) is 4.82. The van der Waals surface area contributed by atoms with E-state index in [1.54, 1.807) is 0 Å². The second-order valence-corrected chi connectivity index (χ2v) is 4.57. The van der Waals surface area contributed by atoms with Crippen molar-refractivity contribution in [3.8, 4) is 0 Å². The highest BCUT2D eigenvalue weighted by molar-refractivity contribution is 5.81. The van der Waals surface area contributed by atoms with Crippen molar-refractivity contribution in [3.63, 3.8) is 0 Å². The van der Waals surface area contributed by atoms with Crippen LogP contribution in [0.4, 0.5) is 0 Å². The topological polar surface area (TPSA) is 55.1 Å². The van der Waals surface area contributed by atoms with Crippen molar-refractivity contribution < 1.29 is 4.79 Å². The molecule has 1 atom stereocenters. The van der Waals surface area contributed by atoms with Gasteiger partial charge in [0, 0.05) is 6.54 Å². The van der Waals surface area contributed by atoms with E-state index in [0.29, 0.717) is 0 Å². The average molecular weight is 210 g/mol. The second kappa shape index (κ2) is 5.91. The number of hydrogen-bond donors (Lipinski definition) is 2. The molecule has 3 nitrogen and oxygen atoms in total. The molecule has 0 heterocycles. The molecule has 1 aliphatic rings. The third-order valence-electron chi connectivity index (χ3n) is 2.90. The highest BCUT2D eigenvalue weighted by atomic mass is 16.2. The number of amides is 1. The zero-order valence-electron chi connectivity index (χ0n) is 9.75. The Hall–Kier alpha value is -0.830. The molecule has 0 fully saturated rings. The van der Waals surface area contributed by atoms with Crippen LogP contribution in [0.5, 0.6) is 0 Å². The summed E-state index contributed by atoms with van der Waals surface area (Å²) in [6.45, 7) is 4.65. The number of nitrogens with two attached hydrogens (primary N) is 1. The third kappa shape index (κ3) is 4.04. The van der Waals surface area contributed by atoms with Crippen molar-refractivity contribution >= 4 is 5.91 Å². The van der Waals surface area contributed by atoms with Crippen LogP contribution in [-0.2, 0) is 4.79 Å². The van der Waals surface area contributed by atoms with Crippen molar-refractivity contribution in [2.45, 2.75) is 45.6 Å². The van der Waals surface area contributed by atoms with Crippen LogP contribution in [0, 0.1) is 5.92 Å². The molecule has 3 heteroatoms. The smallest absolute Gasteiger partial charge is 0.237 e. The van der Waals surface area contributed by atoms with E-state index in [1.807, 2.05) is 13.8 Å². The molecule has 0 aromatic carbocycles. The Morgan fingerprint density at radius 2 is 2.33 bits per heavy atom. The first-order valence-electron chi connectivity index (χ1n) is 5.82. The van der Waals surface area contributed by atoms with E-state index < -0.39 is 0 Å². The number of carbonyl (C=O) groups is 1. The third-order valence-corrected chi connectivity index (χ3v) is 2.90. The molecule has 1 amide bonds. The summed E-state index contributed by atoms with van der Waals surface area (Å²) in [4.78, 5) is 11.5. The predicted molar refractivity (Wildman–Crippen MR) is 62.4 cm³/mol. The van der Waals surface area contributed by atoms with Crippen LogP contribution in [0.15, 0.2) is 11.6 Å². The minimum Gasteiger partial charge on any atom is -0.354 e. The standard InChI is InChI=1S/C12H22N2O/c1-9(2)11(13)12(15)14-8-7-10-5-3-4-6-10/h5,9,11H,3-4,6-8,13H2,1-2H3,(H,14,15)/t11-/m1/s1. The molecule has 0 aromatic heterocycles. The molecule has 0 unspecified atom stereocenters. The lowest BCUT2D eigenvalue weighted by atomic mass is 10.0. The molecule has 0 saturated carbocycles. The van der Waals surface area contributed by atoms with E-state index in [9.17, 15) is 4.79 Å². The van der Waals surface area contributed by atoms with Gasteiger partial charge in [-0.25, -0.2) is 0 Å². The Bertz CT molecular complexity index is 246. The van der Waals surface area contributed by atoms with E-state index in [4.69, 9.17) is 5.73 Å². The van der Waals surface area contributed by atoms with Crippen LogP contribution in [0.25, 0.3) is 0 Å². The Morgan fingerprint density at radius 3 is 2.87 bits per heavy atom. The van der Waals surface area contributed by atoms with Gasteiger partial charge in [-0.3, -0.25) is 4.79 Å². The highest BCUT2D eigenvalue weighted by Crippen LogP contribution is 2.19.